The average molecular weight is 1350 g/mol. The molecule has 4 atom stereocenters. The van der Waals surface area contributed by atoms with Crippen molar-refractivity contribution in [1.29, 1.82) is 0 Å². The number of halogens is 13. The molecular formula is C73H49F13O9S. The van der Waals surface area contributed by atoms with Crippen LogP contribution in [-0.2, 0) is 9.84 Å². The quantitative estimate of drug-likeness (QED) is 0.0485. The van der Waals surface area contributed by atoms with Gasteiger partial charge in [-0.25, -0.2) is 8.42 Å². The molecule has 1 fully saturated rings. The molecule has 0 spiro atoms. The number of hydrogen-bond donors (Lipinski definition) is 0. The highest BCUT2D eigenvalue weighted by Crippen LogP contribution is 2.68. The van der Waals surface area contributed by atoms with Crippen LogP contribution in [-0.4, -0.2) is 51.4 Å². The molecule has 0 bridgehead atoms. The van der Waals surface area contributed by atoms with Crippen molar-refractivity contribution in [2.24, 2.45) is 0 Å². The van der Waals surface area contributed by atoms with E-state index in [1.54, 1.807) is 55.6 Å². The summed E-state index contributed by atoms with van der Waals surface area (Å²) in [5.41, 5.74) is 2.03. The van der Waals surface area contributed by atoms with E-state index in [0.29, 0.717) is 83.4 Å². The van der Waals surface area contributed by atoms with E-state index in [1.165, 1.54) is 66.7 Å². The van der Waals surface area contributed by atoms with Crippen LogP contribution in [0.4, 0.5) is 57.1 Å². The third kappa shape index (κ3) is 13.5. The summed E-state index contributed by atoms with van der Waals surface area (Å²) in [4.78, 5) is 0.113. The lowest BCUT2D eigenvalue weighted by Gasteiger charge is -2.55. The van der Waals surface area contributed by atoms with Crippen LogP contribution in [0, 0.1) is 0 Å². The molecule has 0 N–H and O–H groups in total. The molecule has 1 aliphatic carbocycles. The molecule has 0 aromatic heterocycles. The lowest BCUT2D eigenvalue weighted by Crippen LogP contribution is -2.89. The zero-order valence-corrected chi connectivity index (χ0v) is 50.4. The third-order valence-electron chi connectivity index (χ3n) is 15.5. The first-order chi connectivity index (χ1) is 45.6. The van der Waals surface area contributed by atoms with Gasteiger partial charge in [-0.1, -0.05) is 122 Å². The van der Waals surface area contributed by atoms with Crippen molar-refractivity contribution >= 4 is 15.9 Å². The van der Waals surface area contributed by atoms with Crippen LogP contribution in [0.2, 0.25) is 0 Å². The van der Waals surface area contributed by atoms with E-state index in [2.05, 4.69) is 16.1 Å². The van der Waals surface area contributed by atoms with Crippen LogP contribution in [0.15, 0.2) is 271 Å². The van der Waals surface area contributed by atoms with E-state index in [0.717, 1.165) is 64.4 Å². The number of hydrogen-bond acceptors (Lipinski definition) is 9. The molecule has 0 amide bonds. The smallest absolute Gasteiger partial charge is 0.399 e. The van der Waals surface area contributed by atoms with E-state index in [-0.39, 0.29) is 26.9 Å². The first-order valence-electron chi connectivity index (χ1n) is 28.7. The molecule has 4 unspecified atom stereocenters. The molecular weight excluding hydrogens is 1300 g/mol. The molecule has 23 heteroatoms. The standard InChI is InChI=1S/C73H49F13O9S/c1-3-45-4-6-50(7-5-45)66(68(75,76)77)52-18-32-61(33-19-52)94-72(85)70(81,82)71(83,84)73(72,86)95-62-34-20-53(21-35-62)67(69(78,79)80)51-16-30-60(31-17-51)93-65(74)44-90-55-24-10-47(11-25-55)49-14-28-57(29-15-49)92-59-38-42-64(43-39-59)96(87,88)63-40-36-58(37-41-63)91-56-26-12-48(13-27-56)46-8-22-54(89-2)23-9-46/h3-44,66-67H,1H2,2H3. The Morgan fingerprint density at radius 1 is 0.396 bits per heavy atom. The molecule has 0 heterocycles. The van der Waals surface area contributed by atoms with Crippen molar-refractivity contribution in [1.82, 2.24) is 0 Å². The molecule has 10 aromatic carbocycles. The number of methoxy groups -OCH3 is 1. The van der Waals surface area contributed by atoms with Gasteiger partial charge in [-0.3, -0.25) is 0 Å². The van der Waals surface area contributed by atoms with Crippen molar-refractivity contribution in [3.8, 4) is 74.0 Å². The lowest BCUT2D eigenvalue weighted by molar-refractivity contribution is -0.527. The zero-order chi connectivity index (χ0) is 68.4. The number of sulfone groups is 1. The number of benzene rings is 10. The molecule has 96 heavy (non-hydrogen) atoms. The van der Waals surface area contributed by atoms with Gasteiger partial charge in [-0.15, -0.1) is 0 Å². The Balaban J connectivity index is 0.663. The SMILES string of the molecule is C=Cc1ccc(C(c2ccc(OC3(F)C(F)(F)C(F)(F)C3(F)Oc3ccc(C(c4ccc(OC(F)=COc5ccc(-c6ccc(Oc7ccc(S(=O)(=O)c8ccc(Oc9ccc(-c%10ccc(OC)cc%10)cc9)cc8)cc7)cc6)cc5)cc4)C(F)(F)F)cc3)cc2)C(F)(F)F)cc1. The van der Waals surface area contributed by atoms with Gasteiger partial charge in [0.15, 0.2) is 6.26 Å². The monoisotopic (exact) mass is 1350 g/mol. The minimum absolute atomic E-state index is 0.0472. The summed E-state index contributed by atoms with van der Waals surface area (Å²) in [6.07, 6.45) is -8.05. The summed E-state index contributed by atoms with van der Waals surface area (Å²) < 4.78 is 257. The van der Waals surface area contributed by atoms with Crippen LogP contribution >= 0.6 is 0 Å². The van der Waals surface area contributed by atoms with E-state index < -0.39 is 91.8 Å². The number of rotatable bonds is 22. The highest BCUT2D eigenvalue weighted by molar-refractivity contribution is 7.91. The van der Waals surface area contributed by atoms with E-state index in [4.69, 9.17) is 23.7 Å². The van der Waals surface area contributed by atoms with E-state index in [9.17, 15) is 56.7 Å². The minimum atomic E-state index is -5.98. The molecule has 9 nitrogen and oxygen atoms in total. The molecule has 0 radical (unpaired) electrons. The van der Waals surface area contributed by atoms with Crippen LogP contribution in [0.25, 0.3) is 28.3 Å². The average Bonchev–Trinajstić information content (AvgIpc) is 0.656. The molecule has 492 valence electrons. The Morgan fingerprint density at radius 3 is 0.990 bits per heavy atom. The fourth-order valence-corrected chi connectivity index (χ4v) is 11.7. The second-order valence-electron chi connectivity index (χ2n) is 21.7. The Hall–Kier alpha value is -10.7. The number of alkyl halides is 12. The fraction of sp³-hybridized carbons (Fsp3) is 0.123. The minimum Gasteiger partial charge on any atom is -0.497 e. The molecule has 1 aliphatic rings. The maximum absolute atomic E-state index is 16.1. The largest absolute Gasteiger partial charge is 0.497 e. The predicted octanol–water partition coefficient (Wildman–Crippen LogP) is 20.8. The van der Waals surface area contributed by atoms with E-state index in [1.807, 2.05) is 48.5 Å². The molecule has 0 aliphatic heterocycles. The summed E-state index contributed by atoms with van der Waals surface area (Å²) in [6, 6.07) is 52.5. The Morgan fingerprint density at radius 2 is 0.677 bits per heavy atom. The van der Waals surface area contributed by atoms with Gasteiger partial charge in [0.25, 0.3) is 0 Å². The van der Waals surface area contributed by atoms with Crippen molar-refractivity contribution in [2.45, 2.75) is 57.5 Å². The van der Waals surface area contributed by atoms with Crippen LogP contribution in [0.1, 0.15) is 39.7 Å². The van der Waals surface area contributed by atoms with Crippen molar-refractivity contribution in [3.05, 3.63) is 289 Å². The van der Waals surface area contributed by atoms with Gasteiger partial charge in [0.2, 0.25) is 9.84 Å². The van der Waals surface area contributed by atoms with Gasteiger partial charge in [0, 0.05) is 0 Å². The second kappa shape index (κ2) is 26.3. The molecule has 0 saturated heterocycles. The molecule has 10 aromatic rings. The zero-order valence-electron chi connectivity index (χ0n) is 49.6. The van der Waals surface area contributed by atoms with Gasteiger partial charge in [-0.2, -0.15) is 57.1 Å². The molecule has 1 saturated carbocycles. The maximum atomic E-state index is 16.1. The van der Waals surface area contributed by atoms with Gasteiger partial charge < -0.3 is 33.2 Å². The van der Waals surface area contributed by atoms with Crippen molar-refractivity contribution in [2.75, 3.05) is 7.11 Å². The van der Waals surface area contributed by atoms with Crippen LogP contribution < -0.4 is 33.2 Å². The lowest BCUT2D eigenvalue weighted by atomic mass is 9.76. The Kier molecular flexibility index (Phi) is 18.3. The maximum Gasteiger partial charge on any atom is 0.399 e. The molecule has 11 rings (SSSR count). The second-order valence-corrected chi connectivity index (χ2v) is 23.6. The van der Waals surface area contributed by atoms with E-state index >= 15 is 8.78 Å². The summed E-state index contributed by atoms with van der Waals surface area (Å²) in [5, 5.41) is 0. The highest BCUT2D eigenvalue weighted by atomic mass is 32.2. The predicted molar refractivity (Wildman–Crippen MR) is 330 cm³/mol. The van der Waals surface area contributed by atoms with Crippen molar-refractivity contribution < 1.29 is 98.7 Å². The Labute approximate surface area is 540 Å². The van der Waals surface area contributed by atoms with Gasteiger partial charge in [0.05, 0.1) is 16.9 Å². The van der Waals surface area contributed by atoms with Crippen LogP contribution in [0.3, 0.4) is 0 Å². The first kappa shape index (κ1) is 66.8. The first-order valence-corrected chi connectivity index (χ1v) is 30.2. The van der Waals surface area contributed by atoms with Gasteiger partial charge in [0.1, 0.15) is 63.6 Å². The summed E-state index contributed by atoms with van der Waals surface area (Å²) in [7, 11) is -2.30. The topological polar surface area (TPSA) is 98.8 Å². The number of ether oxygens (including phenoxy) is 7. The van der Waals surface area contributed by atoms with Gasteiger partial charge >= 0.3 is 41.9 Å². The normalized spacial score (nSPS) is 17.4. The third-order valence-corrected chi connectivity index (χ3v) is 17.3. The summed E-state index contributed by atoms with van der Waals surface area (Å²) in [6.45, 7) is 3.52. The summed E-state index contributed by atoms with van der Waals surface area (Å²) in [5.74, 6) is -27.3. The fourth-order valence-electron chi connectivity index (χ4n) is 10.5. The Bertz CT molecular complexity index is 4500. The summed E-state index contributed by atoms with van der Waals surface area (Å²) >= 11 is 0. The highest BCUT2D eigenvalue weighted by Gasteiger charge is 3.03. The van der Waals surface area contributed by atoms with Crippen LogP contribution in [0.5, 0.6) is 51.7 Å². The van der Waals surface area contributed by atoms with Crippen molar-refractivity contribution in [3.63, 3.8) is 0 Å². The van der Waals surface area contributed by atoms with Gasteiger partial charge in [-0.05, 0) is 184 Å².